The van der Waals surface area contributed by atoms with Crippen LogP contribution in [0.15, 0.2) is 59.6 Å². The van der Waals surface area contributed by atoms with Crippen LogP contribution in [0.1, 0.15) is 30.9 Å². The van der Waals surface area contributed by atoms with Crippen LogP contribution >= 0.6 is 0 Å². The molecule has 2 heterocycles. The van der Waals surface area contributed by atoms with Gasteiger partial charge >= 0.3 is 0 Å². The Morgan fingerprint density at radius 2 is 1.76 bits per heavy atom. The van der Waals surface area contributed by atoms with Crippen molar-refractivity contribution in [3.8, 4) is 11.3 Å². The van der Waals surface area contributed by atoms with Crippen molar-refractivity contribution < 1.29 is 13.2 Å². The number of rotatable bonds is 4. The summed E-state index contributed by atoms with van der Waals surface area (Å²) in [4.78, 5) is 20.6. The van der Waals surface area contributed by atoms with Crippen molar-refractivity contribution in [1.82, 2.24) is 14.3 Å². The first-order valence-electron chi connectivity index (χ1n) is 11.3. The molecule has 34 heavy (non-hydrogen) atoms. The van der Waals surface area contributed by atoms with E-state index in [9.17, 15) is 13.2 Å². The summed E-state index contributed by atoms with van der Waals surface area (Å²) < 4.78 is 28.2. The van der Waals surface area contributed by atoms with Crippen LogP contribution in [0.5, 0.6) is 0 Å². The number of piperidine rings is 1. The van der Waals surface area contributed by atoms with Gasteiger partial charge in [-0.1, -0.05) is 24.3 Å². The summed E-state index contributed by atoms with van der Waals surface area (Å²) >= 11 is 0. The summed E-state index contributed by atoms with van der Waals surface area (Å²) in [5.41, 5.74) is 4.82. The van der Waals surface area contributed by atoms with Gasteiger partial charge in [0.15, 0.2) is 0 Å². The molecule has 1 spiro atoms. The highest BCUT2D eigenvalue weighted by molar-refractivity contribution is 7.89. The van der Waals surface area contributed by atoms with Crippen molar-refractivity contribution >= 4 is 27.6 Å². The Morgan fingerprint density at radius 3 is 2.44 bits per heavy atom. The first-order valence-corrected chi connectivity index (χ1v) is 12.8. The molecule has 0 bridgehead atoms. The second-order valence-electron chi connectivity index (χ2n) is 8.93. The van der Waals surface area contributed by atoms with E-state index in [0.717, 1.165) is 36.1 Å². The number of carbonyl (C=O) groups is 1. The lowest BCUT2D eigenvalue weighted by Gasteiger charge is -2.45. The second kappa shape index (κ2) is 8.48. The van der Waals surface area contributed by atoms with E-state index < -0.39 is 10.0 Å². The minimum Gasteiger partial charge on any atom is -0.357 e. The Hall–Kier alpha value is -3.30. The molecule has 176 valence electrons. The van der Waals surface area contributed by atoms with Crippen molar-refractivity contribution in [2.45, 2.75) is 36.5 Å². The average Bonchev–Trinajstić information content (AvgIpc) is 2.84. The van der Waals surface area contributed by atoms with E-state index in [1.54, 1.807) is 28.6 Å². The molecule has 1 fully saturated rings. The van der Waals surface area contributed by atoms with Crippen molar-refractivity contribution in [2.75, 3.05) is 30.8 Å². The normalized spacial score (nSPS) is 17.0. The van der Waals surface area contributed by atoms with Gasteiger partial charge in [0, 0.05) is 49.9 Å². The maximum Gasteiger partial charge on any atom is 0.243 e. The van der Waals surface area contributed by atoms with Crippen molar-refractivity contribution in [3.63, 3.8) is 0 Å². The van der Waals surface area contributed by atoms with Gasteiger partial charge in [-0.3, -0.25) is 4.79 Å². The highest BCUT2D eigenvalue weighted by atomic mass is 32.2. The summed E-state index contributed by atoms with van der Waals surface area (Å²) in [5.74, 6) is 0.397. The molecule has 0 saturated carbocycles. The van der Waals surface area contributed by atoms with E-state index in [-0.39, 0.29) is 16.2 Å². The van der Waals surface area contributed by atoms with E-state index in [4.69, 9.17) is 4.98 Å². The van der Waals surface area contributed by atoms with Crippen LogP contribution in [0.2, 0.25) is 0 Å². The van der Waals surface area contributed by atoms with Crippen LogP contribution in [-0.4, -0.2) is 48.7 Å². The smallest absolute Gasteiger partial charge is 0.243 e. The Balaban J connectivity index is 1.40. The SMILES string of the molecule is CNc1ncc2c(n1)-c1ccccc1C1(CCN(S(=O)(=O)c3ccc(NC(C)=O)cc3)CC1)C2. The summed E-state index contributed by atoms with van der Waals surface area (Å²) in [5, 5.41) is 5.68. The Kier molecular flexibility index (Phi) is 5.61. The third-order valence-electron chi connectivity index (χ3n) is 6.86. The lowest BCUT2D eigenvalue weighted by molar-refractivity contribution is -0.114. The number of nitrogens with zero attached hydrogens (tertiary/aromatic N) is 3. The predicted molar refractivity (Wildman–Crippen MR) is 131 cm³/mol. The molecular weight excluding hydrogens is 450 g/mol. The third-order valence-corrected chi connectivity index (χ3v) is 8.78. The van der Waals surface area contributed by atoms with Crippen LogP contribution in [0.4, 0.5) is 11.6 Å². The van der Waals surface area contributed by atoms with Crippen LogP contribution in [0.25, 0.3) is 11.3 Å². The number of carbonyl (C=O) groups excluding carboxylic acids is 1. The Labute approximate surface area is 199 Å². The van der Waals surface area contributed by atoms with Crippen LogP contribution < -0.4 is 10.6 Å². The van der Waals surface area contributed by atoms with Gasteiger partial charge in [-0.05, 0) is 54.7 Å². The Morgan fingerprint density at radius 1 is 1.06 bits per heavy atom. The standard InChI is InChI=1S/C25H27N5O3S/c1-17(31)28-19-7-9-20(10-8-19)34(32,33)30-13-11-25(12-14-30)15-18-16-27-24(26-2)29-23(18)21-5-3-4-6-22(21)25/h3-10,16H,11-15H2,1-2H3,(H,28,31)(H,26,27,29). The van der Waals surface area contributed by atoms with Gasteiger partial charge in [0.05, 0.1) is 10.6 Å². The molecule has 0 atom stereocenters. The molecule has 1 aliphatic carbocycles. The van der Waals surface area contributed by atoms with Crippen molar-refractivity contribution in [3.05, 3.63) is 65.9 Å². The molecule has 5 rings (SSSR count). The highest BCUT2D eigenvalue weighted by Crippen LogP contribution is 2.48. The Bertz CT molecular complexity index is 1350. The summed E-state index contributed by atoms with van der Waals surface area (Å²) in [7, 11) is -1.81. The molecule has 3 aromatic rings. The van der Waals surface area contributed by atoms with Gasteiger partial charge in [0.25, 0.3) is 0 Å². The lowest BCUT2D eigenvalue weighted by Crippen LogP contribution is -2.47. The van der Waals surface area contributed by atoms with E-state index in [0.29, 0.717) is 24.7 Å². The maximum atomic E-state index is 13.3. The first kappa shape index (κ1) is 22.5. The molecule has 1 amide bonds. The summed E-state index contributed by atoms with van der Waals surface area (Å²) in [6, 6.07) is 14.7. The van der Waals surface area contributed by atoms with E-state index >= 15 is 0 Å². The van der Waals surface area contributed by atoms with E-state index in [1.807, 2.05) is 25.4 Å². The molecule has 2 aromatic carbocycles. The van der Waals surface area contributed by atoms with Crippen LogP contribution in [0, 0.1) is 0 Å². The van der Waals surface area contributed by atoms with Crippen LogP contribution in [0.3, 0.4) is 0 Å². The van der Waals surface area contributed by atoms with Gasteiger partial charge in [-0.25, -0.2) is 18.4 Å². The summed E-state index contributed by atoms with van der Waals surface area (Å²) in [6.07, 6.45) is 4.13. The number of fused-ring (bicyclic) bond motifs is 4. The molecule has 1 saturated heterocycles. The molecule has 2 N–H and O–H groups in total. The number of sulfonamides is 1. The molecule has 8 nitrogen and oxygen atoms in total. The molecule has 1 aromatic heterocycles. The number of hydrogen-bond donors (Lipinski definition) is 2. The molecule has 2 aliphatic rings. The fourth-order valence-electron chi connectivity index (χ4n) is 5.16. The third kappa shape index (κ3) is 3.84. The fourth-order valence-corrected chi connectivity index (χ4v) is 6.61. The summed E-state index contributed by atoms with van der Waals surface area (Å²) in [6.45, 7) is 2.30. The second-order valence-corrected chi connectivity index (χ2v) is 10.9. The number of hydrogen-bond acceptors (Lipinski definition) is 6. The lowest BCUT2D eigenvalue weighted by atomic mass is 9.64. The minimum atomic E-state index is -3.62. The molecule has 9 heteroatoms. The number of aromatic nitrogens is 2. The predicted octanol–water partition coefficient (Wildman–Crippen LogP) is 3.42. The van der Waals surface area contributed by atoms with Gasteiger partial charge in [-0.15, -0.1) is 0 Å². The zero-order chi connectivity index (χ0) is 23.9. The largest absolute Gasteiger partial charge is 0.357 e. The number of anilines is 2. The quantitative estimate of drug-likeness (QED) is 0.597. The van der Waals surface area contributed by atoms with Gasteiger partial charge in [0.2, 0.25) is 21.9 Å². The number of benzene rings is 2. The average molecular weight is 478 g/mol. The maximum absolute atomic E-state index is 13.3. The zero-order valence-corrected chi connectivity index (χ0v) is 20.0. The fraction of sp³-hybridized carbons (Fsp3) is 0.320. The number of nitrogens with one attached hydrogen (secondary N) is 2. The molecular formula is C25H27N5O3S. The molecule has 0 radical (unpaired) electrons. The molecule has 1 aliphatic heterocycles. The van der Waals surface area contributed by atoms with Gasteiger partial charge in [0.1, 0.15) is 0 Å². The van der Waals surface area contributed by atoms with Crippen LogP contribution in [-0.2, 0) is 26.7 Å². The van der Waals surface area contributed by atoms with Crippen molar-refractivity contribution in [2.24, 2.45) is 0 Å². The minimum absolute atomic E-state index is 0.143. The van der Waals surface area contributed by atoms with Gasteiger partial charge < -0.3 is 10.6 Å². The topological polar surface area (TPSA) is 104 Å². The van der Waals surface area contributed by atoms with Gasteiger partial charge in [-0.2, -0.15) is 4.31 Å². The van der Waals surface area contributed by atoms with E-state index in [2.05, 4.69) is 27.8 Å². The van der Waals surface area contributed by atoms with Crippen molar-refractivity contribution in [1.29, 1.82) is 0 Å². The number of amides is 1. The zero-order valence-electron chi connectivity index (χ0n) is 19.2. The highest BCUT2D eigenvalue weighted by Gasteiger charge is 2.44. The van der Waals surface area contributed by atoms with E-state index in [1.165, 1.54) is 12.5 Å². The molecule has 0 unspecified atom stereocenters. The first-order chi connectivity index (χ1) is 16.3. The monoisotopic (exact) mass is 477 g/mol.